The number of benzene rings is 1. The summed E-state index contributed by atoms with van der Waals surface area (Å²) in [6.45, 7) is 5.49. The van der Waals surface area contributed by atoms with E-state index in [4.69, 9.17) is 9.72 Å². The second kappa shape index (κ2) is 9.26. The van der Waals surface area contributed by atoms with Crippen molar-refractivity contribution in [2.75, 3.05) is 25.0 Å². The lowest BCUT2D eigenvalue weighted by molar-refractivity contribution is -0.134. The van der Waals surface area contributed by atoms with E-state index in [1.54, 1.807) is 11.3 Å². The molecule has 156 valence electrons. The Labute approximate surface area is 180 Å². The standard InChI is InChI=1S/C23H26N4O2S/c1-16-11-19(26-23-25-17(2)15-30-23)12-21(24-16)18-7-6-10-27(13-18)22(28)14-29-20-8-4-3-5-9-20/h3-5,8-9,11-12,15,18H,6-7,10,13-14H2,1-2H3,(H,24,25,26)/t18-/m1/s1. The average molecular weight is 423 g/mol. The van der Waals surface area contributed by atoms with E-state index < -0.39 is 0 Å². The van der Waals surface area contributed by atoms with Crippen LogP contribution in [0.15, 0.2) is 47.8 Å². The van der Waals surface area contributed by atoms with E-state index in [0.29, 0.717) is 12.3 Å². The Hall–Kier alpha value is -2.93. The van der Waals surface area contributed by atoms with Crippen LogP contribution in [0.2, 0.25) is 0 Å². The van der Waals surface area contributed by atoms with Crippen molar-refractivity contribution in [2.24, 2.45) is 0 Å². The molecule has 1 amide bonds. The van der Waals surface area contributed by atoms with Crippen molar-refractivity contribution in [2.45, 2.75) is 32.6 Å². The number of aromatic nitrogens is 2. The summed E-state index contributed by atoms with van der Waals surface area (Å²) in [5.41, 5.74) is 3.97. The molecule has 1 atom stereocenters. The number of hydrogen-bond acceptors (Lipinski definition) is 6. The van der Waals surface area contributed by atoms with E-state index in [2.05, 4.69) is 16.4 Å². The highest BCUT2D eigenvalue weighted by atomic mass is 32.1. The SMILES string of the molecule is Cc1cc(Nc2nc(C)cs2)cc([C@@H]2CCCN(C(=O)COc3ccccc3)C2)n1. The Morgan fingerprint density at radius 1 is 1.20 bits per heavy atom. The monoisotopic (exact) mass is 422 g/mol. The van der Waals surface area contributed by atoms with Crippen molar-refractivity contribution in [3.05, 3.63) is 64.9 Å². The Morgan fingerprint density at radius 3 is 2.80 bits per heavy atom. The molecule has 3 heterocycles. The van der Waals surface area contributed by atoms with E-state index in [0.717, 1.165) is 47.3 Å². The number of aryl methyl sites for hydroxylation is 2. The van der Waals surface area contributed by atoms with Crippen molar-refractivity contribution in [1.29, 1.82) is 0 Å². The molecule has 1 fully saturated rings. The molecule has 1 N–H and O–H groups in total. The Bertz CT molecular complexity index is 1010. The molecule has 1 aliphatic heterocycles. The molecular weight excluding hydrogens is 396 g/mol. The molecular formula is C23H26N4O2S. The van der Waals surface area contributed by atoms with Crippen molar-refractivity contribution in [3.63, 3.8) is 0 Å². The first kappa shape index (κ1) is 20.3. The molecule has 0 aliphatic carbocycles. The molecule has 0 saturated carbocycles. The summed E-state index contributed by atoms with van der Waals surface area (Å²) in [7, 11) is 0. The summed E-state index contributed by atoms with van der Waals surface area (Å²) in [6, 6.07) is 13.6. The van der Waals surface area contributed by atoms with Crippen LogP contribution < -0.4 is 10.1 Å². The number of hydrogen-bond donors (Lipinski definition) is 1. The zero-order valence-corrected chi connectivity index (χ0v) is 18.1. The van der Waals surface area contributed by atoms with Gasteiger partial charge in [0.2, 0.25) is 0 Å². The summed E-state index contributed by atoms with van der Waals surface area (Å²) in [5, 5.41) is 6.29. The Balaban J connectivity index is 1.41. The number of carbonyl (C=O) groups excluding carboxylic acids is 1. The number of para-hydroxylation sites is 1. The third-order valence-corrected chi connectivity index (χ3v) is 6.02. The lowest BCUT2D eigenvalue weighted by Crippen LogP contribution is -2.41. The molecule has 0 radical (unpaired) electrons. The van der Waals surface area contributed by atoms with Gasteiger partial charge in [0.15, 0.2) is 11.7 Å². The minimum atomic E-state index is 0.0211. The van der Waals surface area contributed by atoms with Crippen LogP contribution in [0.4, 0.5) is 10.8 Å². The van der Waals surface area contributed by atoms with E-state index in [-0.39, 0.29) is 18.4 Å². The van der Waals surface area contributed by atoms with Crippen molar-refractivity contribution in [1.82, 2.24) is 14.9 Å². The molecule has 3 aromatic rings. The molecule has 30 heavy (non-hydrogen) atoms. The van der Waals surface area contributed by atoms with Crippen molar-refractivity contribution in [3.8, 4) is 5.75 Å². The maximum atomic E-state index is 12.7. The first-order valence-corrected chi connectivity index (χ1v) is 11.1. The minimum absolute atomic E-state index is 0.0211. The second-order valence-electron chi connectivity index (χ2n) is 7.62. The molecule has 1 aromatic carbocycles. The fourth-order valence-corrected chi connectivity index (χ4v) is 4.42. The number of rotatable bonds is 6. The molecule has 7 heteroatoms. The van der Waals surface area contributed by atoms with Crippen molar-refractivity contribution >= 4 is 28.1 Å². The molecule has 0 spiro atoms. The van der Waals surface area contributed by atoms with Gasteiger partial charge in [0, 0.05) is 41.5 Å². The smallest absolute Gasteiger partial charge is 0.260 e. The zero-order valence-electron chi connectivity index (χ0n) is 17.3. The van der Waals surface area contributed by atoms with Crippen LogP contribution >= 0.6 is 11.3 Å². The number of nitrogens with zero attached hydrogens (tertiary/aromatic N) is 3. The predicted molar refractivity (Wildman–Crippen MR) is 120 cm³/mol. The normalized spacial score (nSPS) is 16.3. The molecule has 0 unspecified atom stereocenters. The highest BCUT2D eigenvalue weighted by molar-refractivity contribution is 7.13. The van der Waals surface area contributed by atoms with Gasteiger partial charge in [-0.2, -0.15) is 0 Å². The minimum Gasteiger partial charge on any atom is -0.484 e. The van der Waals surface area contributed by atoms with Gasteiger partial charge >= 0.3 is 0 Å². The van der Waals surface area contributed by atoms with Gasteiger partial charge in [0.05, 0.1) is 5.69 Å². The van der Waals surface area contributed by atoms with Gasteiger partial charge in [0.25, 0.3) is 5.91 Å². The van der Waals surface area contributed by atoms with Gasteiger partial charge in [-0.05, 0) is 51.0 Å². The third kappa shape index (κ3) is 5.16. The largest absolute Gasteiger partial charge is 0.484 e. The van der Waals surface area contributed by atoms with Crippen molar-refractivity contribution < 1.29 is 9.53 Å². The lowest BCUT2D eigenvalue weighted by Gasteiger charge is -2.32. The first-order valence-electron chi connectivity index (χ1n) is 10.2. The van der Waals surface area contributed by atoms with Crippen LogP contribution in [0.1, 0.15) is 35.8 Å². The van der Waals surface area contributed by atoms with Crippen LogP contribution in [-0.2, 0) is 4.79 Å². The number of pyridine rings is 1. The van der Waals surface area contributed by atoms with E-state index >= 15 is 0 Å². The van der Waals surface area contributed by atoms with Gasteiger partial charge < -0.3 is 15.0 Å². The molecule has 4 rings (SSSR count). The van der Waals surface area contributed by atoms with E-state index in [1.807, 2.05) is 60.5 Å². The van der Waals surface area contributed by atoms with Crippen LogP contribution in [0.5, 0.6) is 5.75 Å². The number of nitrogens with one attached hydrogen (secondary N) is 1. The fraction of sp³-hybridized carbons (Fsp3) is 0.348. The highest BCUT2D eigenvalue weighted by Crippen LogP contribution is 2.29. The number of anilines is 2. The predicted octanol–water partition coefficient (Wildman–Crippen LogP) is 4.68. The van der Waals surface area contributed by atoms with Gasteiger partial charge in [-0.25, -0.2) is 4.98 Å². The van der Waals surface area contributed by atoms with Crippen LogP contribution in [0.3, 0.4) is 0 Å². The van der Waals surface area contributed by atoms with Crippen LogP contribution in [0.25, 0.3) is 0 Å². The van der Waals surface area contributed by atoms with E-state index in [1.165, 1.54) is 0 Å². The van der Waals surface area contributed by atoms with Crippen LogP contribution in [-0.4, -0.2) is 40.5 Å². The molecule has 2 aromatic heterocycles. The summed E-state index contributed by atoms with van der Waals surface area (Å²) in [4.78, 5) is 23.8. The van der Waals surface area contributed by atoms with Gasteiger partial charge in [-0.1, -0.05) is 18.2 Å². The Morgan fingerprint density at radius 2 is 2.03 bits per heavy atom. The summed E-state index contributed by atoms with van der Waals surface area (Å²) in [6.07, 6.45) is 1.99. The number of ether oxygens (including phenoxy) is 1. The summed E-state index contributed by atoms with van der Waals surface area (Å²) >= 11 is 1.59. The van der Waals surface area contributed by atoms with E-state index in [9.17, 15) is 4.79 Å². The third-order valence-electron chi connectivity index (χ3n) is 5.14. The van der Waals surface area contributed by atoms with Crippen LogP contribution in [0, 0.1) is 13.8 Å². The summed E-state index contributed by atoms with van der Waals surface area (Å²) < 4.78 is 5.65. The Kier molecular flexibility index (Phi) is 6.28. The number of amides is 1. The molecule has 6 nitrogen and oxygen atoms in total. The first-order chi connectivity index (χ1) is 14.6. The number of carbonyl (C=O) groups is 1. The second-order valence-corrected chi connectivity index (χ2v) is 8.48. The van der Waals surface area contributed by atoms with Gasteiger partial charge in [0.1, 0.15) is 5.75 Å². The highest BCUT2D eigenvalue weighted by Gasteiger charge is 2.26. The molecule has 1 aliphatic rings. The summed E-state index contributed by atoms with van der Waals surface area (Å²) in [5.74, 6) is 0.957. The number of piperidine rings is 1. The lowest BCUT2D eigenvalue weighted by atomic mass is 9.93. The molecule has 0 bridgehead atoms. The number of thiazole rings is 1. The molecule has 1 saturated heterocycles. The zero-order chi connectivity index (χ0) is 20.9. The van der Waals surface area contributed by atoms with Gasteiger partial charge in [-0.15, -0.1) is 11.3 Å². The number of likely N-dealkylation sites (tertiary alicyclic amines) is 1. The van der Waals surface area contributed by atoms with Gasteiger partial charge in [-0.3, -0.25) is 9.78 Å². The maximum Gasteiger partial charge on any atom is 0.260 e. The quantitative estimate of drug-likeness (QED) is 0.625. The topological polar surface area (TPSA) is 67.4 Å². The average Bonchev–Trinajstić information content (AvgIpc) is 3.17. The fourth-order valence-electron chi connectivity index (χ4n) is 3.71. The maximum absolute atomic E-state index is 12.7.